The summed E-state index contributed by atoms with van der Waals surface area (Å²) in [5.74, 6) is 0.742. The first-order valence-corrected chi connectivity index (χ1v) is 9.94. The third kappa shape index (κ3) is 3.62. The van der Waals surface area contributed by atoms with Gasteiger partial charge >= 0.3 is 6.09 Å². The highest BCUT2D eigenvalue weighted by Gasteiger charge is 2.43. The number of nitrogens with zero attached hydrogens (tertiary/aromatic N) is 1. The number of amides is 2. The molecule has 1 N–H and O–H groups in total. The van der Waals surface area contributed by atoms with Crippen molar-refractivity contribution in [1.82, 2.24) is 10.2 Å². The van der Waals surface area contributed by atoms with Gasteiger partial charge in [-0.2, -0.15) is 0 Å². The zero-order chi connectivity index (χ0) is 19.1. The molecule has 3 aliphatic rings. The number of hydrogen-bond acceptors (Lipinski definition) is 4. The highest BCUT2D eigenvalue weighted by atomic mass is 16.6. The second-order valence-electron chi connectivity index (χ2n) is 8.47. The van der Waals surface area contributed by atoms with Crippen LogP contribution in [0.1, 0.15) is 50.7 Å². The Morgan fingerprint density at radius 3 is 2.78 bits per heavy atom. The second-order valence-corrected chi connectivity index (χ2v) is 8.47. The number of hydrogen-bond donors (Lipinski definition) is 1. The van der Waals surface area contributed by atoms with Gasteiger partial charge in [-0.1, -0.05) is 6.07 Å². The van der Waals surface area contributed by atoms with Crippen molar-refractivity contribution in [1.29, 1.82) is 0 Å². The first-order valence-electron chi connectivity index (χ1n) is 9.94. The molecule has 2 heterocycles. The molecule has 1 aromatic rings. The predicted molar refractivity (Wildman–Crippen MR) is 101 cm³/mol. The maximum absolute atomic E-state index is 13.2. The Morgan fingerprint density at radius 2 is 2.00 bits per heavy atom. The van der Waals surface area contributed by atoms with Crippen LogP contribution < -0.4 is 10.1 Å². The summed E-state index contributed by atoms with van der Waals surface area (Å²) in [5.41, 5.74) is 1.33. The van der Waals surface area contributed by atoms with E-state index < -0.39 is 11.2 Å². The second kappa shape index (κ2) is 6.73. The van der Waals surface area contributed by atoms with Gasteiger partial charge in [0.2, 0.25) is 0 Å². The molecule has 0 radical (unpaired) electrons. The Labute approximate surface area is 160 Å². The Kier molecular flexibility index (Phi) is 4.52. The number of ether oxygens (including phenoxy) is 2. The minimum Gasteiger partial charge on any atom is -0.478 e. The van der Waals surface area contributed by atoms with Crippen LogP contribution in [0.4, 0.5) is 4.79 Å². The summed E-state index contributed by atoms with van der Waals surface area (Å²) in [4.78, 5) is 26.5. The van der Waals surface area contributed by atoms with Crippen LogP contribution in [0.2, 0.25) is 0 Å². The maximum atomic E-state index is 13.2. The summed E-state index contributed by atoms with van der Waals surface area (Å²) >= 11 is 0. The van der Waals surface area contributed by atoms with E-state index in [1.807, 2.05) is 24.8 Å². The third-order valence-electron chi connectivity index (χ3n) is 6.01. The van der Waals surface area contributed by atoms with Crippen LogP contribution in [0.5, 0.6) is 5.75 Å². The van der Waals surface area contributed by atoms with Crippen molar-refractivity contribution >= 4 is 12.0 Å². The van der Waals surface area contributed by atoms with Gasteiger partial charge in [0, 0.05) is 19.5 Å². The van der Waals surface area contributed by atoms with Crippen molar-refractivity contribution in [2.75, 3.05) is 19.6 Å². The monoisotopic (exact) mass is 372 g/mol. The molecule has 0 saturated carbocycles. The highest BCUT2D eigenvalue weighted by molar-refractivity contribution is 5.85. The van der Waals surface area contributed by atoms with E-state index in [-0.39, 0.29) is 12.0 Å². The van der Waals surface area contributed by atoms with Gasteiger partial charge < -0.3 is 19.7 Å². The molecule has 146 valence electrons. The number of aryl methyl sites for hydroxylation is 2. The molecule has 0 unspecified atom stereocenters. The molecule has 2 saturated heterocycles. The van der Waals surface area contributed by atoms with E-state index in [4.69, 9.17) is 9.47 Å². The van der Waals surface area contributed by atoms with E-state index in [1.54, 1.807) is 0 Å². The lowest BCUT2D eigenvalue weighted by molar-refractivity contribution is -0.145. The topological polar surface area (TPSA) is 67.9 Å². The predicted octanol–water partition coefficient (Wildman–Crippen LogP) is 2.82. The van der Waals surface area contributed by atoms with Crippen molar-refractivity contribution < 1.29 is 19.1 Å². The van der Waals surface area contributed by atoms with Gasteiger partial charge in [-0.15, -0.1) is 0 Å². The number of fused-ring (bicyclic) bond motifs is 1. The molecule has 1 atom stereocenters. The molecular weight excluding hydrogens is 344 g/mol. The molecule has 1 spiro atoms. The minimum atomic E-state index is -0.936. The first kappa shape index (κ1) is 18.1. The van der Waals surface area contributed by atoms with Crippen molar-refractivity contribution in [3.05, 3.63) is 29.3 Å². The number of alkyl carbamates (subject to hydrolysis) is 1. The van der Waals surface area contributed by atoms with Crippen LogP contribution >= 0.6 is 0 Å². The fourth-order valence-corrected chi connectivity index (χ4v) is 4.48. The average molecular weight is 372 g/mol. The third-order valence-corrected chi connectivity index (χ3v) is 6.01. The van der Waals surface area contributed by atoms with Gasteiger partial charge in [0.15, 0.2) is 5.60 Å². The van der Waals surface area contributed by atoms with Gasteiger partial charge in [0.05, 0.1) is 6.54 Å². The summed E-state index contributed by atoms with van der Waals surface area (Å²) in [6.07, 6.45) is 5.31. The summed E-state index contributed by atoms with van der Waals surface area (Å²) in [5, 5.41) is 2.75. The first-order chi connectivity index (χ1) is 12.9. The Hall–Kier alpha value is -2.24. The zero-order valence-electron chi connectivity index (χ0n) is 16.2. The molecule has 4 rings (SSSR count). The standard InChI is InChI=1S/C21H28N2O4/c1-20(2,26-17-8-7-15-5-3-6-16(15)13-17)18(24)23-11-4-9-21(10-12-23)14-22-19(25)27-21/h7-8,13H,3-6,9-12,14H2,1-2H3,(H,22,25)/t21-/m0/s1. The van der Waals surface area contributed by atoms with Gasteiger partial charge in [-0.25, -0.2) is 4.79 Å². The van der Waals surface area contributed by atoms with Crippen LogP contribution in [-0.4, -0.2) is 47.7 Å². The molecule has 1 aliphatic carbocycles. The maximum Gasteiger partial charge on any atom is 0.407 e. The van der Waals surface area contributed by atoms with Crippen LogP contribution in [-0.2, 0) is 22.4 Å². The van der Waals surface area contributed by atoms with E-state index in [0.29, 0.717) is 26.1 Å². The molecular formula is C21H28N2O4. The van der Waals surface area contributed by atoms with E-state index in [1.165, 1.54) is 17.5 Å². The number of carbonyl (C=O) groups excluding carboxylic acids is 2. The lowest BCUT2D eigenvalue weighted by Gasteiger charge is -2.32. The van der Waals surface area contributed by atoms with Crippen molar-refractivity contribution in [3.63, 3.8) is 0 Å². The summed E-state index contributed by atoms with van der Waals surface area (Å²) in [6, 6.07) is 6.17. The average Bonchev–Trinajstić information content (AvgIpc) is 3.17. The van der Waals surface area contributed by atoms with Crippen LogP contribution in [0.3, 0.4) is 0 Å². The van der Waals surface area contributed by atoms with E-state index in [2.05, 4.69) is 17.4 Å². The van der Waals surface area contributed by atoms with E-state index >= 15 is 0 Å². The smallest absolute Gasteiger partial charge is 0.407 e. The quantitative estimate of drug-likeness (QED) is 0.886. The van der Waals surface area contributed by atoms with Crippen molar-refractivity contribution in [2.24, 2.45) is 0 Å². The van der Waals surface area contributed by atoms with Crippen LogP contribution in [0, 0.1) is 0 Å². The van der Waals surface area contributed by atoms with Gasteiger partial charge in [0.1, 0.15) is 11.4 Å². The Balaban J connectivity index is 1.42. The fraction of sp³-hybridized carbons (Fsp3) is 0.619. The molecule has 6 nitrogen and oxygen atoms in total. The van der Waals surface area contributed by atoms with Crippen molar-refractivity contribution in [2.45, 2.75) is 63.6 Å². The number of likely N-dealkylation sites (tertiary alicyclic amines) is 1. The molecule has 6 heteroatoms. The van der Waals surface area contributed by atoms with Gasteiger partial charge in [-0.3, -0.25) is 4.79 Å². The lowest BCUT2D eigenvalue weighted by atomic mass is 9.95. The van der Waals surface area contributed by atoms with Crippen LogP contribution in [0.25, 0.3) is 0 Å². The Bertz CT molecular complexity index is 761. The molecule has 27 heavy (non-hydrogen) atoms. The highest BCUT2D eigenvalue weighted by Crippen LogP contribution is 2.32. The van der Waals surface area contributed by atoms with Crippen molar-refractivity contribution in [3.8, 4) is 5.75 Å². The summed E-state index contributed by atoms with van der Waals surface area (Å²) in [6.45, 7) is 5.43. The summed E-state index contributed by atoms with van der Waals surface area (Å²) in [7, 11) is 0. The van der Waals surface area contributed by atoms with Gasteiger partial charge in [0.25, 0.3) is 5.91 Å². The molecule has 2 amide bonds. The molecule has 0 bridgehead atoms. The molecule has 1 aromatic carbocycles. The SMILES string of the molecule is CC(C)(Oc1ccc2c(c1)CCC2)C(=O)N1CCC[C@]2(CC1)CNC(=O)O2. The molecule has 2 fully saturated rings. The number of carbonyl (C=O) groups is 2. The fourth-order valence-electron chi connectivity index (χ4n) is 4.48. The number of benzene rings is 1. The van der Waals surface area contributed by atoms with Crippen LogP contribution in [0.15, 0.2) is 18.2 Å². The number of rotatable bonds is 3. The van der Waals surface area contributed by atoms with E-state index in [9.17, 15) is 9.59 Å². The molecule has 2 aliphatic heterocycles. The lowest BCUT2D eigenvalue weighted by Crippen LogP contribution is -2.49. The number of nitrogens with one attached hydrogen (secondary N) is 1. The minimum absolute atomic E-state index is 0.0164. The summed E-state index contributed by atoms with van der Waals surface area (Å²) < 4.78 is 11.6. The zero-order valence-corrected chi connectivity index (χ0v) is 16.2. The Morgan fingerprint density at radius 1 is 1.19 bits per heavy atom. The van der Waals surface area contributed by atoms with Gasteiger partial charge in [-0.05, 0) is 69.2 Å². The largest absolute Gasteiger partial charge is 0.478 e. The molecule has 0 aromatic heterocycles. The van der Waals surface area contributed by atoms with E-state index in [0.717, 1.165) is 31.4 Å². The normalized spacial score (nSPS) is 25.0.